The number of aryl methyl sites for hydroxylation is 1. The smallest absolute Gasteiger partial charge is 0.255 e. The first kappa shape index (κ1) is 17.2. The highest BCUT2D eigenvalue weighted by molar-refractivity contribution is 7.19. The molecule has 8 nitrogen and oxygen atoms in total. The maximum absolute atomic E-state index is 6.52. The second-order valence-electron chi connectivity index (χ2n) is 6.20. The summed E-state index contributed by atoms with van der Waals surface area (Å²) >= 11 is 8.04. The Balaban J connectivity index is 1.51. The number of hydrogen-bond donors (Lipinski definition) is 1. The van der Waals surface area contributed by atoms with E-state index in [9.17, 15) is 0 Å². The highest BCUT2D eigenvalue weighted by Crippen LogP contribution is 2.38. The van der Waals surface area contributed by atoms with Crippen LogP contribution in [0.4, 0.5) is 5.82 Å². The molecular weight excluding hydrogens is 400 g/mol. The van der Waals surface area contributed by atoms with Crippen molar-refractivity contribution in [1.29, 1.82) is 0 Å². The van der Waals surface area contributed by atoms with Crippen LogP contribution in [0.3, 0.4) is 0 Å². The molecule has 142 valence electrons. The Hall–Kier alpha value is -2.91. The normalized spacial score (nSPS) is 13.1. The summed E-state index contributed by atoms with van der Waals surface area (Å²) in [5, 5.41) is 8.98. The second-order valence-corrected chi connectivity index (χ2v) is 7.78. The molecule has 10 heteroatoms. The van der Waals surface area contributed by atoms with Crippen LogP contribution in [0.2, 0.25) is 5.02 Å². The van der Waals surface area contributed by atoms with E-state index in [1.54, 1.807) is 6.33 Å². The summed E-state index contributed by atoms with van der Waals surface area (Å²) in [7, 11) is 0. The lowest BCUT2D eigenvalue weighted by Gasteiger charge is -2.19. The Morgan fingerprint density at radius 1 is 1.21 bits per heavy atom. The Morgan fingerprint density at radius 2 is 2.07 bits per heavy atom. The van der Waals surface area contributed by atoms with Crippen molar-refractivity contribution < 1.29 is 9.47 Å². The molecule has 0 saturated heterocycles. The van der Waals surface area contributed by atoms with Gasteiger partial charge in [0.2, 0.25) is 0 Å². The zero-order valence-electron chi connectivity index (χ0n) is 14.8. The SMILES string of the molecule is Cc1sc2nc(-n3cncn3)nc(NCc3ccc4c(c3)OCCO4)c2c1Cl. The molecule has 5 rings (SSSR count). The molecule has 0 aliphatic carbocycles. The van der Waals surface area contributed by atoms with Crippen molar-refractivity contribution in [3.63, 3.8) is 0 Å². The van der Waals surface area contributed by atoms with Gasteiger partial charge in [0.25, 0.3) is 5.95 Å². The lowest BCUT2D eigenvalue weighted by molar-refractivity contribution is 0.171. The van der Waals surface area contributed by atoms with E-state index in [0.717, 1.165) is 32.2 Å². The van der Waals surface area contributed by atoms with Crippen molar-refractivity contribution in [3.05, 3.63) is 46.3 Å². The number of benzene rings is 1. The van der Waals surface area contributed by atoms with Crippen LogP contribution in [0.15, 0.2) is 30.9 Å². The van der Waals surface area contributed by atoms with E-state index in [1.807, 2.05) is 25.1 Å². The predicted molar refractivity (Wildman–Crippen MR) is 107 cm³/mol. The maximum atomic E-state index is 6.52. The molecule has 28 heavy (non-hydrogen) atoms. The summed E-state index contributed by atoms with van der Waals surface area (Å²) in [6, 6.07) is 5.89. The van der Waals surface area contributed by atoms with Crippen molar-refractivity contribution in [2.24, 2.45) is 0 Å². The molecule has 0 bridgehead atoms. The first-order valence-corrected chi connectivity index (χ1v) is 9.82. The van der Waals surface area contributed by atoms with Gasteiger partial charge in [-0.05, 0) is 24.6 Å². The lowest BCUT2D eigenvalue weighted by atomic mass is 10.2. The Labute approximate surface area is 169 Å². The summed E-state index contributed by atoms with van der Waals surface area (Å²) in [6.07, 6.45) is 3.01. The summed E-state index contributed by atoms with van der Waals surface area (Å²) in [5.74, 6) is 2.61. The molecule has 0 radical (unpaired) electrons. The van der Waals surface area contributed by atoms with Gasteiger partial charge < -0.3 is 14.8 Å². The summed E-state index contributed by atoms with van der Waals surface area (Å²) < 4.78 is 12.8. The highest BCUT2D eigenvalue weighted by Gasteiger charge is 2.17. The molecule has 0 spiro atoms. The number of anilines is 1. The van der Waals surface area contributed by atoms with Gasteiger partial charge in [0.1, 0.15) is 36.5 Å². The number of fused-ring (bicyclic) bond motifs is 2. The largest absolute Gasteiger partial charge is 0.486 e. The van der Waals surface area contributed by atoms with E-state index in [0.29, 0.717) is 36.5 Å². The molecule has 0 amide bonds. The van der Waals surface area contributed by atoms with E-state index in [4.69, 9.17) is 21.1 Å². The first-order chi connectivity index (χ1) is 13.7. The molecule has 0 fully saturated rings. The zero-order valence-corrected chi connectivity index (χ0v) is 16.4. The third-order valence-corrected chi connectivity index (χ3v) is 5.92. The molecule has 0 saturated carbocycles. The number of nitrogens with one attached hydrogen (secondary N) is 1. The fourth-order valence-corrected chi connectivity index (χ4v) is 4.25. The van der Waals surface area contributed by atoms with Crippen LogP contribution in [-0.2, 0) is 6.54 Å². The number of rotatable bonds is 4. The topological polar surface area (TPSA) is 87.0 Å². The number of thiophene rings is 1. The fourth-order valence-electron chi connectivity index (χ4n) is 2.99. The van der Waals surface area contributed by atoms with Crippen LogP contribution < -0.4 is 14.8 Å². The standard InChI is InChI=1S/C18H15ClN6O2S/c1-10-15(19)14-16(23-18(24-17(14)28-10)25-9-20-8-22-25)21-7-11-2-3-12-13(6-11)27-5-4-26-12/h2-3,6,8-9H,4-5,7H2,1H3,(H,21,23,24). The minimum absolute atomic E-state index is 0.438. The molecule has 1 aliphatic rings. The minimum Gasteiger partial charge on any atom is -0.486 e. The number of halogens is 1. The third kappa shape index (κ3) is 3.02. The number of hydrogen-bond acceptors (Lipinski definition) is 8. The van der Waals surface area contributed by atoms with Crippen molar-refractivity contribution in [1.82, 2.24) is 24.7 Å². The predicted octanol–water partition coefficient (Wildman–Crippen LogP) is 3.62. The average molecular weight is 415 g/mol. The van der Waals surface area contributed by atoms with Gasteiger partial charge in [-0.15, -0.1) is 11.3 Å². The lowest BCUT2D eigenvalue weighted by Crippen LogP contribution is -2.15. The number of nitrogens with zero attached hydrogens (tertiary/aromatic N) is 5. The van der Waals surface area contributed by atoms with Crippen molar-refractivity contribution >= 4 is 39.0 Å². The molecule has 1 N–H and O–H groups in total. The van der Waals surface area contributed by atoms with Crippen LogP contribution >= 0.6 is 22.9 Å². The van der Waals surface area contributed by atoms with Crippen molar-refractivity contribution in [2.75, 3.05) is 18.5 Å². The van der Waals surface area contributed by atoms with E-state index < -0.39 is 0 Å². The van der Waals surface area contributed by atoms with Gasteiger partial charge >= 0.3 is 0 Å². The van der Waals surface area contributed by atoms with Crippen molar-refractivity contribution in [3.8, 4) is 17.4 Å². The van der Waals surface area contributed by atoms with E-state index in [1.165, 1.54) is 22.3 Å². The first-order valence-electron chi connectivity index (χ1n) is 8.63. The quantitative estimate of drug-likeness (QED) is 0.545. The van der Waals surface area contributed by atoms with Crippen LogP contribution in [0.5, 0.6) is 11.5 Å². The van der Waals surface area contributed by atoms with Gasteiger partial charge in [0, 0.05) is 11.4 Å². The third-order valence-electron chi connectivity index (χ3n) is 4.33. The Kier molecular flexibility index (Phi) is 4.25. The molecule has 1 aromatic carbocycles. The van der Waals surface area contributed by atoms with E-state index >= 15 is 0 Å². The zero-order chi connectivity index (χ0) is 19.1. The minimum atomic E-state index is 0.438. The summed E-state index contributed by atoms with van der Waals surface area (Å²) in [4.78, 5) is 15.0. The van der Waals surface area contributed by atoms with Gasteiger partial charge in [-0.1, -0.05) is 17.7 Å². The van der Waals surface area contributed by atoms with Crippen LogP contribution in [0.25, 0.3) is 16.2 Å². The molecule has 0 atom stereocenters. The molecule has 4 heterocycles. The van der Waals surface area contributed by atoms with Gasteiger partial charge in [-0.3, -0.25) is 0 Å². The Morgan fingerprint density at radius 3 is 2.89 bits per heavy atom. The van der Waals surface area contributed by atoms with Crippen molar-refractivity contribution in [2.45, 2.75) is 13.5 Å². The van der Waals surface area contributed by atoms with Gasteiger partial charge in [-0.25, -0.2) is 4.98 Å². The van der Waals surface area contributed by atoms with Crippen LogP contribution in [-0.4, -0.2) is 37.9 Å². The molecular formula is C18H15ClN6O2S. The summed E-state index contributed by atoms with van der Waals surface area (Å²) in [6.45, 7) is 3.64. The number of ether oxygens (including phenoxy) is 2. The molecule has 0 unspecified atom stereocenters. The monoisotopic (exact) mass is 414 g/mol. The van der Waals surface area contributed by atoms with E-state index in [-0.39, 0.29) is 0 Å². The van der Waals surface area contributed by atoms with E-state index in [2.05, 4.69) is 25.4 Å². The Bertz CT molecular complexity index is 1160. The van der Waals surface area contributed by atoms with Crippen LogP contribution in [0.1, 0.15) is 10.4 Å². The molecule has 3 aromatic heterocycles. The highest BCUT2D eigenvalue weighted by atomic mass is 35.5. The van der Waals surface area contributed by atoms with Crippen LogP contribution in [0, 0.1) is 6.92 Å². The maximum Gasteiger partial charge on any atom is 0.255 e. The number of aromatic nitrogens is 5. The molecule has 1 aliphatic heterocycles. The second kappa shape index (κ2) is 6.92. The fraction of sp³-hybridized carbons (Fsp3) is 0.222. The van der Waals surface area contributed by atoms with Gasteiger partial charge in [0.15, 0.2) is 11.5 Å². The molecule has 4 aromatic rings. The van der Waals surface area contributed by atoms with Gasteiger partial charge in [0.05, 0.1) is 10.4 Å². The average Bonchev–Trinajstić information content (AvgIpc) is 3.35. The summed E-state index contributed by atoms with van der Waals surface area (Å²) in [5.41, 5.74) is 1.04. The van der Waals surface area contributed by atoms with Gasteiger partial charge in [-0.2, -0.15) is 19.7 Å².